The molecule has 0 spiro atoms. The highest BCUT2D eigenvalue weighted by Crippen LogP contribution is 2.24. The molecule has 0 bridgehead atoms. The van der Waals surface area contributed by atoms with Gasteiger partial charge in [-0.15, -0.1) is 0 Å². The van der Waals surface area contributed by atoms with Crippen molar-refractivity contribution in [1.82, 2.24) is 20.2 Å². The molecule has 1 unspecified atom stereocenters. The quantitative estimate of drug-likeness (QED) is 0.864. The molecule has 6 nitrogen and oxygen atoms in total. The van der Waals surface area contributed by atoms with Gasteiger partial charge >= 0.3 is 0 Å². The molecule has 6 heteroatoms. The summed E-state index contributed by atoms with van der Waals surface area (Å²) in [6.45, 7) is 5.40. The van der Waals surface area contributed by atoms with Gasteiger partial charge < -0.3 is 15.2 Å². The lowest BCUT2D eigenvalue weighted by atomic mass is 9.91. The molecule has 3 rings (SSSR count). The third-order valence-electron chi connectivity index (χ3n) is 4.80. The first-order valence-electron chi connectivity index (χ1n) is 8.67. The minimum Gasteiger partial charge on any atom is -0.353 e. The number of amides is 2. The summed E-state index contributed by atoms with van der Waals surface area (Å²) in [5.74, 6) is 0.450. The average molecular weight is 318 g/mol. The van der Waals surface area contributed by atoms with E-state index in [0.29, 0.717) is 30.7 Å². The number of nitrogens with one attached hydrogen (secondary N) is 2. The molecule has 126 valence electrons. The van der Waals surface area contributed by atoms with Crippen LogP contribution < -0.4 is 10.6 Å². The highest BCUT2D eigenvalue weighted by atomic mass is 16.2. The predicted molar refractivity (Wildman–Crippen MR) is 87.0 cm³/mol. The van der Waals surface area contributed by atoms with Gasteiger partial charge in [0.15, 0.2) is 0 Å². The summed E-state index contributed by atoms with van der Waals surface area (Å²) in [4.78, 5) is 28.8. The molecule has 1 aliphatic carbocycles. The Morgan fingerprint density at radius 1 is 1.35 bits per heavy atom. The molecular weight excluding hydrogens is 292 g/mol. The summed E-state index contributed by atoms with van der Waals surface area (Å²) in [7, 11) is 0. The van der Waals surface area contributed by atoms with Crippen LogP contribution in [-0.2, 0) is 17.8 Å². The van der Waals surface area contributed by atoms with Gasteiger partial charge in [-0.2, -0.15) is 0 Å². The number of imidazole rings is 1. The van der Waals surface area contributed by atoms with Crippen molar-refractivity contribution in [2.24, 2.45) is 11.8 Å². The van der Waals surface area contributed by atoms with Gasteiger partial charge in [-0.1, -0.05) is 13.8 Å². The summed E-state index contributed by atoms with van der Waals surface area (Å²) < 4.78 is 1.97. The number of carbonyl (C=O) groups is 2. The first-order chi connectivity index (χ1) is 11.0. The summed E-state index contributed by atoms with van der Waals surface area (Å²) in [6, 6.07) is 0.379. The van der Waals surface area contributed by atoms with Crippen LogP contribution in [0.5, 0.6) is 0 Å². The van der Waals surface area contributed by atoms with Gasteiger partial charge in [0.25, 0.3) is 5.91 Å². The monoisotopic (exact) mass is 318 g/mol. The van der Waals surface area contributed by atoms with Crippen LogP contribution in [-0.4, -0.2) is 34.0 Å². The number of carbonyl (C=O) groups excluding carboxylic acids is 2. The van der Waals surface area contributed by atoms with Crippen LogP contribution in [0.2, 0.25) is 0 Å². The van der Waals surface area contributed by atoms with Crippen LogP contribution in [0.4, 0.5) is 0 Å². The number of hydrogen-bond acceptors (Lipinski definition) is 3. The zero-order chi connectivity index (χ0) is 16.4. The molecule has 0 radical (unpaired) electrons. The summed E-state index contributed by atoms with van der Waals surface area (Å²) in [5.41, 5.74) is 1.47. The van der Waals surface area contributed by atoms with E-state index in [9.17, 15) is 9.59 Å². The van der Waals surface area contributed by atoms with E-state index in [1.54, 1.807) is 6.33 Å². The second-order valence-corrected chi connectivity index (χ2v) is 7.17. The molecule has 2 N–H and O–H groups in total. The molecule has 1 fully saturated rings. The van der Waals surface area contributed by atoms with Gasteiger partial charge in [0.05, 0.1) is 17.9 Å². The second kappa shape index (κ2) is 6.72. The van der Waals surface area contributed by atoms with E-state index in [1.807, 2.05) is 4.57 Å². The van der Waals surface area contributed by atoms with Crippen molar-refractivity contribution in [3.05, 3.63) is 17.7 Å². The van der Waals surface area contributed by atoms with E-state index in [1.165, 1.54) is 6.42 Å². The highest BCUT2D eigenvalue weighted by Gasteiger charge is 2.30. The van der Waals surface area contributed by atoms with Crippen molar-refractivity contribution >= 4 is 11.8 Å². The van der Waals surface area contributed by atoms with Gasteiger partial charge in [-0.25, -0.2) is 4.98 Å². The third-order valence-corrected chi connectivity index (χ3v) is 4.80. The Balaban J connectivity index is 1.61. The maximum atomic E-state index is 12.3. The van der Waals surface area contributed by atoms with Gasteiger partial charge in [0, 0.05) is 19.1 Å². The van der Waals surface area contributed by atoms with Crippen molar-refractivity contribution in [2.45, 2.75) is 58.5 Å². The van der Waals surface area contributed by atoms with Crippen LogP contribution in [0.3, 0.4) is 0 Å². The first kappa shape index (κ1) is 16.0. The van der Waals surface area contributed by atoms with E-state index in [-0.39, 0.29) is 17.7 Å². The summed E-state index contributed by atoms with van der Waals surface area (Å²) >= 11 is 0. The van der Waals surface area contributed by atoms with E-state index < -0.39 is 0 Å². The lowest BCUT2D eigenvalue weighted by molar-refractivity contribution is -0.127. The Morgan fingerprint density at radius 2 is 2.13 bits per heavy atom. The molecule has 1 atom stereocenters. The zero-order valence-electron chi connectivity index (χ0n) is 14.0. The Morgan fingerprint density at radius 3 is 2.78 bits per heavy atom. The second-order valence-electron chi connectivity index (χ2n) is 7.17. The predicted octanol–water partition coefficient (Wildman–Crippen LogP) is 1.50. The molecule has 0 saturated heterocycles. The lowest BCUT2D eigenvalue weighted by Gasteiger charge is -2.30. The van der Waals surface area contributed by atoms with Crippen molar-refractivity contribution in [1.29, 1.82) is 0 Å². The molecule has 1 aliphatic heterocycles. The molecule has 1 aromatic heterocycles. The van der Waals surface area contributed by atoms with Gasteiger partial charge in [-0.3, -0.25) is 9.59 Å². The minimum absolute atomic E-state index is 0.0103. The molecule has 2 aliphatic rings. The molecular formula is C17H26N4O2. The Hall–Kier alpha value is -1.85. The van der Waals surface area contributed by atoms with Crippen LogP contribution in [0, 0.1) is 11.8 Å². The van der Waals surface area contributed by atoms with Crippen LogP contribution in [0.15, 0.2) is 6.33 Å². The van der Waals surface area contributed by atoms with E-state index >= 15 is 0 Å². The summed E-state index contributed by atoms with van der Waals surface area (Å²) in [6.07, 6.45) is 6.64. The number of fused-ring (bicyclic) bond motifs is 1. The van der Waals surface area contributed by atoms with Gasteiger partial charge in [0.2, 0.25) is 5.91 Å². The Labute approximate surface area is 137 Å². The van der Waals surface area contributed by atoms with Crippen molar-refractivity contribution in [2.75, 3.05) is 6.54 Å². The molecule has 1 saturated carbocycles. The smallest absolute Gasteiger partial charge is 0.271 e. The largest absolute Gasteiger partial charge is 0.353 e. The highest BCUT2D eigenvalue weighted by molar-refractivity contribution is 5.93. The number of rotatable bonds is 5. The molecule has 0 aromatic carbocycles. The fraction of sp³-hybridized carbons (Fsp3) is 0.706. The fourth-order valence-corrected chi connectivity index (χ4v) is 3.12. The van der Waals surface area contributed by atoms with E-state index in [0.717, 1.165) is 31.4 Å². The molecule has 2 heterocycles. The summed E-state index contributed by atoms with van der Waals surface area (Å²) in [5, 5.41) is 6.04. The lowest BCUT2D eigenvalue weighted by Crippen LogP contribution is -2.44. The van der Waals surface area contributed by atoms with Crippen LogP contribution >= 0.6 is 0 Å². The van der Waals surface area contributed by atoms with E-state index in [4.69, 9.17) is 0 Å². The SMILES string of the molecule is CC(C)CNC(=O)c1ncn2c1CCC(C(=O)NC1CCC1)C2. The maximum absolute atomic E-state index is 12.3. The Kier molecular flexibility index (Phi) is 4.68. The van der Waals surface area contributed by atoms with Crippen LogP contribution in [0.25, 0.3) is 0 Å². The average Bonchev–Trinajstić information content (AvgIpc) is 2.91. The molecule has 2 amide bonds. The van der Waals surface area contributed by atoms with Crippen LogP contribution in [0.1, 0.15) is 55.7 Å². The first-order valence-corrected chi connectivity index (χ1v) is 8.67. The van der Waals surface area contributed by atoms with Gasteiger partial charge in [-0.05, 0) is 38.0 Å². The number of hydrogen-bond donors (Lipinski definition) is 2. The van der Waals surface area contributed by atoms with Crippen molar-refractivity contribution < 1.29 is 9.59 Å². The third kappa shape index (κ3) is 3.57. The normalized spacial score (nSPS) is 20.7. The number of aromatic nitrogens is 2. The topological polar surface area (TPSA) is 76.0 Å². The minimum atomic E-state index is -0.107. The maximum Gasteiger partial charge on any atom is 0.271 e. The van der Waals surface area contributed by atoms with Crippen molar-refractivity contribution in [3.8, 4) is 0 Å². The van der Waals surface area contributed by atoms with Gasteiger partial charge in [0.1, 0.15) is 5.69 Å². The molecule has 1 aromatic rings. The number of nitrogens with zero attached hydrogens (tertiary/aromatic N) is 2. The standard InChI is InChI=1S/C17H26N4O2/c1-11(2)8-18-17(23)15-14-7-6-12(9-21(14)10-19-15)16(22)20-13-4-3-5-13/h10-13H,3-9H2,1-2H3,(H,18,23)(H,20,22). The van der Waals surface area contributed by atoms with E-state index in [2.05, 4.69) is 29.5 Å². The van der Waals surface area contributed by atoms with Crippen molar-refractivity contribution in [3.63, 3.8) is 0 Å². The Bertz CT molecular complexity index is 589. The fourth-order valence-electron chi connectivity index (χ4n) is 3.12. The zero-order valence-corrected chi connectivity index (χ0v) is 14.0. The molecule has 23 heavy (non-hydrogen) atoms.